The van der Waals surface area contributed by atoms with Gasteiger partial charge >= 0.3 is 5.91 Å². The molecule has 18 heavy (non-hydrogen) atoms. The second-order valence-electron chi connectivity index (χ2n) is 5.29. The third-order valence-electron chi connectivity index (χ3n) is 3.04. The summed E-state index contributed by atoms with van der Waals surface area (Å²) >= 11 is 0. The molecule has 1 aromatic rings. The van der Waals surface area contributed by atoms with Gasteiger partial charge in [-0.1, -0.05) is 13.8 Å². The van der Waals surface area contributed by atoms with Gasteiger partial charge in [0.15, 0.2) is 5.76 Å². The van der Waals surface area contributed by atoms with E-state index in [0.717, 1.165) is 18.8 Å². The molecule has 0 bridgehead atoms. The van der Waals surface area contributed by atoms with Crippen LogP contribution in [-0.4, -0.2) is 23.4 Å². The predicted molar refractivity (Wildman–Crippen MR) is 68.6 cm³/mol. The number of rotatable bonds is 6. The molecule has 2 rings (SSSR count). The molecule has 1 aliphatic carbocycles. The molecule has 0 saturated heterocycles. The van der Waals surface area contributed by atoms with Crippen LogP contribution in [0, 0.1) is 5.92 Å². The van der Waals surface area contributed by atoms with Crippen molar-refractivity contribution in [3.63, 3.8) is 0 Å². The van der Waals surface area contributed by atoms with E-state index in [0.29, 0.717) is 12.0 Å². The van der Waals surface area contributed by atoms with Crippen molar-refractivity contribution in [3.8, 4) is 0 Å². The zero-order chi connectivity index (χ0) is 13.1. The summed E-state index contributed by atoms with van der Waals surface area (Å²) in [7, 11) is 0. The number of nitrogens with zero attached hydrogens (tertiary/aromatic N) is 1. The van der Waals surface area contributed by atoms with Crippen LogP contribution >= 0.6 is 0 Å². The van der Waals surface area contributed by atoms with Crippen molar-refractivity contribution >= 4 is 5.91 Å². The zero-order valence-electron chi connectivity index (χ0n) is 11.0. The van der Waals surface area contributed by atoms with Gasteiger partial charge in [-0.2, -0.15) is 0 Å². The third-order valence-corrected chi connectivity index (χ3v) is 3.04. The summed E-state index contributed by atoms with van der Waals surface area (Å²) in [4.78, 5) is 13.7. The van der Waals surface area contributed by atoms with Crippen molar-refractivity contribution in [2.24, 2.45) is 11.8 Å². The number of hydrogen-bond acceptors (Lipinski definition) is 4. The van der Waals surface area contributed by atoms with Crippen molar-refractivity contribution in [2.45, 2.75) is 39.3 Å². The van der Waals surface area contributed by atoms with Gasteiger partial charge in [-0.15, -0.1) is 0 Å². The van der Waals surface area contributed by atoms with Gasteiger partial charge in [0.2, 0.25) is 0 Å². The number of nitrogens with one attached hydrogen (secondary N) is 1. The molecular formula is C13H21N3O2. The Balaban J connectivity index is 1.98. The zero-order valence-corrected chi connectivity index (χ0v) is 11.0. The molecule has 1 heterocycles. The average Bonchev–Trinajstić information content (AvgIpc) is 3.08. The van der Waals surface area contributed by atoms with Crippen LogP contribution in [0.4, 0.5) is 0 Å². The van der Waals surface area contributed by atoms with Crippen LogP contribution in [0.5, 0.6) is 0 Å². The van der Waals surface area contributed by atoms with Crippen LogP contribution in [0.3, 0.4) is 0 Å². The molecule has 0 spiro atoms. The summed E-state index contributed by atoms with van der Waals surface area (Å²) in [6, 6.07) is 4.20. The van der Waals surface area contributed by atoms with Crippen LogP contribution in [-0.2, 0) is 6.54 Å². The molecule has 1 amide bonds. The second-order valence-corrected chi connectivity index (χ2v) is 5.29. The Bertz CT molecular complexity index is 410. The minimum atomic E-state index is -0.386. The van der Waals surface area contributed by atoms with Crippen molar-refractivity contribution in [1.29, 1.82) is 0 Å². The van der Waals surface area contributed by atoms with Gasteiger partial charge in [-0.05, 0) is 30.9 Å². The maximum atomic E-state index is 11.3. The van der Waals surface area contributed by atoms with Crippen LogP contribution < -0.4 is 11.3 Å². The van der Waals surface area contributed by atoms with Crippen LogP contribution in [0.15, 0.2) is 16.5 Å². The maximum Gasteiger partial charge on any atom is 0.300 e. The lowest BCUT2D eigenvalue weighted by atomic mass is 10.2. The summed E-state index contributed by atoms with van der Waals surface area (Å²) in [5.41, 5.74) is 2.07. The summed E-state index contributed by atoms with van der Waals surface area (Å²) in [6.07, 6.45) is 2.53. The van der Waals surface area contributed by atoms with E-state index in [1.54, 1.807) is 6.07 Å². The second kappa shape index (κ2) is 5.54. The largest absolute Gasteiger partial charge is 0.455 e. The predicted octanol–water partition coefficient (Wildman–Crippen LogP) is 1.50. The minimum absolute atomic E-state index is 0.271. The lowest BCUT2D eigenvalue weighted by molar-refractivity contribution is 0.0921. The Kier molecular flexibility index (Phi) is 4.04. The molecule has 1 aromatic heterocycles. The highest BCUT2D eigenvalue weighted by Gasteiger charge is 2.29. The van der Waals surface area contributed by atoms with E-state index in [-0.39, 0.29) is 11.7 Å². The first-order valence-electron chi connectivity index (χ1n) is 6.44. The first-order valence-corrected chi connectivity index (χ1v) is 6.44. The lowest BCUT2D eigenvalue weighted by Gasteiger charge is -2.22. The first kappa shape index (κ1) is 13.1. The number of hydrazine groups is 1. The van der Waals surface area contributed by atoms with Gasteiger partial charge < -0.3 is 4.42 Å². The Morgan fingerprint density at radius 3 is 2.83 bits per heavy atom. The van der Waals surface area contributed by atoms with E-state index < -0.39 is 0 Å². The van der Waals surface area contributed by atoms with Gasteiger partial charge in [-0.25, -0.2) is 5.84 Å². The number of nitrogens with two attached hydrogens (primary N) is 1. The molecule has 0 unspecified atom stereocenters. The summed E-state index contributed by atoms with van der Waals surface area (Å²) < 4.78 is 5.49. The molecule has 3 N–H and O–H groups in total. The molecule has 100 valence electrons. The lowest BCUT2D eigenvalue weighted by Crippen LogP contribution is -2.30. The molecule has 0 atom stereocenters. The molecule has 1 saturated carbocycles. The Morgan fingerprint density at radius 2 is 2.28 bits per heavy atom. The smallest absolute Gasteiger partial charge is 0.300 e. The molecule has 5 nitrogen and oxygen atoms in total. The summed E-state index contributed by atoms with van der Waals surface area (Å²) in [5.74, 6) is 6.41. The van der Waals surface area contributed by atoms with E-state index >= 15 is 0 Å². The van der Waals surface area contributed by atoms with Crippen molar-refractivity contribution in [3.05, 3.63) is 23.7 Å². The highest BCUT2D eigenvalue weighted by molar-refractivity contribution is 5.90. The molecule has 0 aliphatic heterocycles. The topological polar surface area (TPSA) is 71.5 Å². The normalized spacial score (nSPS) is 15.4. The number of carbonyl (C=O) groups is 1. The van der Waals surface area contributed by atoms with E-state index in [1.165, 1.54) is 12.8 Å². The van der Waals surface area contributed by atoms with Crippen molar-refractivity contribution < 1.29 is 9.21 Å². The quantitative estimate of drug-likeness (QED) is 0.456. The first-order chi connectivity index (χ1) is 8.60. The Morgan fingerprint density at radius 1 is 1.56 bits per heavy atom. The van der Waals surface area contributed by atoms with Crippen LogP contribution in [0.2, 0.25) is 0 Å². The minimum Gasteiger partial charge on any atom is -0.455 e. The monoisotopic (exact) mass is 251 g/mol. The fourth-order valence-corrected chi connectivity index (χ4v) is 2.11. The van der Waals surface area contributed by atoms with E-state index in [1.807, 2.05) is 6.07 Å². The highest BCUT2D eigenvalue weighted by atomic mass is 16.4. The standard InChI is InChI=1S/C13H21N3O2/c1-9(2)7-16(10-3-4-10)8-11-5-6-12(18-11)13(17)15-14/h5-6,9-10H,3-4,7-8,14H2,1-2H3,(H,15,17). The maximum absolute atomic E-state index is 11.3. The molecule has 0 aromatic carbocycles. The van der Waals surface area contributed by atoms with Gasteiger partial charge in [0.25, 0.3) is 0 Å². The van der Waals surface area contributed by atoms with Crippen LogP contribution in [0.25, 0.3) is 0 Å². The van der Waals surface area contributed by atoms with E-state index in [9.17, 15) is 4.79 Å². The number of amides is 1. The number of hydrogen-bond donors (Lipinski definition) is 2. The van der Waals surface area contributed by atoms with E-state index in [2.05, 4.69) is 24.2 Å². The molecule has 5 heteroatoms. The summed E-state index contributed by atoms with van der Waals surface area (Å²) in [5, 5.41) is 0. The Labute approximate surface area is 107 Å². The average molecular weight is 251 g/mol. The van der Waals surface area contributed by atoms with Gasteiger partial charge in [0, 0.05) is 12.6 Å². The number of carbonyl (C=O) groups excluding carboxylic acids is 1. The summed E-state index contributed by atoms with van der Waals surface area (Å²) in [6.45, 7) is 6.25. The van der Waals surface area contributed by atoms with Crippen molar-refractivity contribution in [2.75, 3.05) is 6.54 Å². The fourth-order valence-electron chi connectivity index (χ4n) is 2.11. The molecule has 1 aliphatic rings. The third kappa shape index (κ3) is 3.34. The van der Waals surface area contributed by atoms with Crippen LogP contribution in [0.1, 0.15) is 43.0 Å². The molecule has 0 radical (unpaired) electrons. The fraction of sp³-hybridized carbons (Fsp3) is 0.615. The number of nitrogen functional groups attached to an aromatic ring is 1. The van der Waals surface area contributed by atoms with Gasteiger partial charge in [0.05, 0.1) is 6.54 Å². The molecule has 1 fully saturated rings. The van der Waals surface area contributed by atoms with E-state index in [4.69, 9.17) is 10.3 Å². The Hall–Kier alpha value is -1.33. The SMILES string of the molecule is CC(C)CN(Cc1ccc(C(=O)NN)o1)C1CC1. The highest BCUT2D eigenvalue weighted by Crippen LogP contribution is 2.29. The molecular weight excluding hydrogens is 230 g/mol. The van der Waals surface area contributed by atoms with Gasteiger partial charge in [0.1, 0.15) is 5.76 Å². The number of furan rings is 1. The van der Waals surface area contributed by atoms with Gasteiger partial charge in [-0.3, -0.25) is 15.1 Å². The van der Waals surface area contributed by atoms with Crippen molar-refractivity contribution in [1.82, 2.24) is 10.3 Å².